The monoisotopic (exact) mass is 167 g/mol. The van der Waals surface area contributed by atoms with Crippen LogP contribution >= 0.6 is 0 Å². The topological polar surface area (TPSA) is 39.1 Å². The zero-order chi connectivity index (χ0) is 8.97. The van der Waals surface area contributed by atoms with Crippen LogP contribution in [0.3, 0.4) is 0 Å². The van der Waals surface area contributed by atoms with Crippen LogP contribution in [-0.4, -0.2) is 37.1 Å². The molecule has 0 amide bonds. The highest BCUT2D eigenvalue weighted by molar-refractivity contribution is 4.86. The summed E-state index contributed by atoms with van der Waals surface area (Å²) in [6, 6.07) is 3.27. The molecule has 0 aliphatic carbocycles. The molecule has 1 fully saturated rings. The first-order valence-electron chi connectivity index (χ1n) is 4.56. The molecule has 1 aliphatic rings. The van der Waals surface area contributed by atoms with E-state index >= 15 is 0 Å². The summed E-state index contributed by atoms with van der Waals surface area (Å²) in [4.78, 5) is 2.38. The normalized spacial score (nSPS) is 26.9. The van der Waals surface area contributed by atoms with Crippen molar-refractivity contribution in [1.82, 2.24) is 10.2 Å². The Labute approximate surface area is 74.4 Å². The third-order valence-corrected chi connectivity index (χ3v) is 2.64. The van der Waals surface area contributed by atoms with Crippen molar-refractivity contribution in [2.75, 3.05) is 20.1 Å². The second-order valence-electron chi connectivity index (χ2n) is 3.48. The second-order valence-corrected chi connectivity index (χ2v) is 3.48. The van der Waals surface area contributed by atoms with Gasteiger partial charge in [-0.05, 0) is 20.4 Å². The van der Waals surface area contributed by atoms with Crippen molar-refractivity contribution in [2.24, 2.45) is 0 Å². The predicted molar refractivity (Wildman–Crippen MR) is 48.7 cm³/mol. The van der Waals surface area contributed by atoms with Crippen LogP contribution in [0.1, 0.15) is 19.8 Å². The lowest BCUT2D eigenvalue weighted by atomic mass is 10.2. The van der Waals surface area contributed by atoms with E-state index in [0.717, 1.165) is 13.1 Å². The minimum atomic E-state index is 0.424. The van der Waals surface area contributed by atoms with E-state index in [4.69, 9.17) is 5.26 Å². The van der Waals surface area contributed by atoms with Gasteiger partial charge in [0.2, 0.25) is 0 Å². The van der Waals surface area contributed by atoms with Crippen LogP contribution < -0.4 is 5.32 Å². The number of likely N-dealkylation sites (N-methyl/N-ethyl adjacent to an activating group) is 1. The van der Waals surface area contributed by atoms with Crippen molar-refractivity contribution >= 4 is 0 Å². The first-order chi connectivity index (χ1) is 5.77. The fourth-order valence-corrected chi connectivity index (χ4v) is 1.68. The number of nitrogens with zero attached hydrogens (tertiary/aromatic N) is 2. The molecule has 3 heteroatoms. The summed E-state index contributed by atoms with van der Waals surface area (Å²) < 4.78 is 0. The molecule has 0 radical (unpaired) electrons. The van der Waals surface area contributed by atoms with Crippen LogP contribution in [0.5, 0.6) is 0 Å². The highest BCUT2D eigenvalue weighted by atomic mass is 15.2. The number of hydrogen-bond acceptors (Lipinski definition) is 3. The summed E-state index contributed by atoms with van der Waals surface area (Å²) in [6.07, 6.45) is 1.86. The molecular weight excluding hydrogens is 150 g/mol. The number of likely N-dealkylation sites (tertiary alicyclic amines) is 1. The van der Waals surface area contributed by atoms with E-state index < -0.39 is 0 Å². The molecule has 1 rings (SSSR count). The summed E-state index contributed by atoms with van der Waals surface area (Å²) in [6.45, 7) is 4.36. The third-order valence-electron chi connectivity index (χ3n) is 2.64. The molecule has 3 nitrogen and oxygen atoms in total. The van der Waals surface area contributed by atoms with E-state index in [1.54, 1.807) is 0 Å². The van der Waals surface area contributed by atoms with Gasteiger partial charge in [-0.1, -0.05) is 0 Å². The van der Waals surface area contributed by atoms with Crippen LogP contribution in [0.25, 0.3) is 0 Å². The SMILES string of the molecule is CNC1CCN(C(C)CC#N)C1. The number of nitriles is 1. The highest BCUT2D eigenvalue weighted by Gasteiger charge is 2.24. The van der Waals surface area contributed by atoms with Gasteiger partial charge in [-0.2, -0.15) is 5.26 Å². The van der Waals surface area contributed by atoms with Crippen molar-refractivity contribution in [3.8, 4) is 6.07 Å². The first kappa shape index (κ1) is 9.50. The summed E-state index contributed by atoms with van der Waals surface area (Å²) in [5.74, 6) is 0. The smallest absolute Gasteiger partial charge is 0.0638 e. The van der Waals surface area contributed by atoms with Gasteiger partial charge in [0.05, 0.1) is 12.5 Å². The highest BCUT2D eigenvalue weighted by Crippen LogP contribution is 2.13. The Kier molecular flexibility index (Phi) is 3.51. The molecule has 1 saturated heterocycles. The van der Waals surface area contributed by atoms with E-state index in [0.29, 0.717) is 18.5 Å². The third kappa shape index (κ3) is 2.20. The summed E-state index contributed by atoms with van der Waals surface area (Å²) in [7, 11) is 2.00. The Morgan fingerprint density at radius 2 is 2.50 bits per heavy atom. The number of nitrogens with one attached hydrogen (secondary N) is 1. The van der Waals surface area contributed by atoms with Gasteiger partial charge in [0.1, 0.15) is 0 Å². The van der Waals surface area contributed by atoms with E-state index in [-0.39, 0.29) is 0 Å². The summed E-state index contributed by atoms with van der Waals surface area (Å²) in [5, 5.41) is 11.8. The van der Waals surface area contributed by atoms with Crippen LogP contribution in [-0.2, 0) is 0 Å². The Morgan fingerprint density at radius 1 is 1.75 bits per heavy atom. The average Bonchev–Trinajstić information content (AvgIpc) is 2.52. The quantitative estimate of drug-likeness (QED) is 0.668. The lowest BCUT2D eigenvalue weighted by molar-refractivity contribution is 0.256. The van der Waals surface area contributed by atoms with Gasteiger partial charge in [-0.15, -0.1) is 0 Å². The molecule has 2 unspecified atom stereocenters. The lowest BCUT2D eigenvalue weighted by Crippen LogP contribution is -2.34. The minimum absolute atomic E-state index is 0.424. The van der Waals surface area contributed by atoms with Gasteiger partial charge >= 0.3 is 0 Å². The van der Waals surface area contributed by atoms with E-state index in [2.05, 4.69) is 23.2 Å². The standard InChI is InChI=1S/C9H17N3/c1-8(3-5-10)12-6-4-9(7-12)11-2/h8-9,11H,3-4,6-7H2,1-2H3. The maximum absolute atomic E-state index is 8.53. The molecular formula is C9H17N3. The Bertz CT molecular complexity index is 173. The van der Waals surface area contributed by atoms with Gasteiger partial charge in [0.15, 0.2) is 0 Å². The van der Waals surface area contributed by atoms with Crippen molar-refractivity contribution in [2.45, 2.75) is 31.8 Å². The van der Waals surface area contributed by atoms with Crippen LogP contribution in [0.15, 0.2) is 0 Å². The van der Waals surface area contributed by atoms with Crippen molar-refractivity contribution in [3.63, 3.8) is 0 Å². The lowest BCUT2D eigenvalue weighted by Gasteiger charge is -2.21. The molecule has 1 N–H and O–H groups in total. The average molecular weight is 167 g/mol. The molecule has 0 aromatic rings. The molecule has 0 spiro atoms. The molecule has 1 aliphatic heterocycles. The van der Waals surface area contributed by atoms with Gasteiger partial charge in [0.25, 0.3) is 0 Å². The fourth-order valence-electron chi connectivity index (χ4n) is 1.68. The van der Waals surface area contributed by atoms with Gasteiger partial charge < -0.3 is 5.32 Å². The summed E-state index contributed by atoms with van der Waals surface area (Å²) in [5.41, 5.74) is 0. The molecule has 12 heavy (non-hydrogen) atoms. The van der Waals surface area contributed by atoms with E-state index in [1.807, 2.05) is 7.05 Å². The van der Waals surface area contributed by atoms with Crippen LogP contribution in [0, 0.1) is 11.3 Å². The molecule has 1 heterocycles. The van der Waals surface area contributed by atoms with Gasteiger partial charge in [0, 0.05) is 25.2 Å². The largest absolute Gasteiger partial charge is 0.316 e. The molecule has 2 atom stereocenters. The zero-order valence-electron chi connectivity index (χ0n) is 7.88. The predicted octanol–water partition coefficient (Wildman–Crippen LogP) is 0.582. The Balaban J connectivity index is 2.31. The van der Waals surface area contributed by atoms with Crippen LogP contribution in [0.4, 0.5) is 0 Å². The zero-order valence-corrected chi connectivity index (χ0v) is 7.88. The molecule has 0 aromatic carbocycles. The van der Waals surface area contributed by atoms with Gasteiger partial charge in [-0.3, -0.25) is 4.90 Å². The van der Waals surface area contributed by atoms with Crippen LogP contribution in [0.2, 0.25) is 0 Å². The number of rotatable bonds is 3. The first-order valence-corrected chi connectivity index (χ1v) is 4.56. The molecule has 68 valence electrons. The van der Waals surface area contributed by atoms with Crippen molar-refractivity contribution in [3.05, 3.63) is 0 Å². The van der Waals surface area contributed by atoms with E-state index in [1.165, 1.54) is 6.42 Å². The number of hydrogen-bond donors (Lipinski definition) is 1. The van der Waals surface area contributed by atoms with E-state index in [9.17, 15) is 0 Å². The molecule has 0 saturated carbocycles. The Hall–Kier alpha value is -0.590. The molecule has 0 bridgehead atoms. The fraction of sp³-hybridized carbons (Fsp3) is 0.889. The molecule has 0 aromatic heterocycles. The maximum atomic E-state index is 8.53. The van der Waals surface area contributed by atoms with Crippen molar-refractivity contribution < 1.29 is 0 Å². The maximum Gasteiger partial charge on any atom is 0.0638 e. The second kappa shape index (κ2) is 4.44. The minimum Gasteiger partial charge on any atom is -0.316 e. The summed E-state index contributed by atoms with van der Waals surface area (Å²) >= 11 is 0. The Morgan fingerprint density at radius 3 is 3.00 bits per heavy atom. The van der Waals surface area contributed by atoms with Crippen molar-refractivity contribution in [1.29, 1.82) is 5.26 Å². The van der Waals surface area contributed by atoms with Gasteiger partial charge in [-0.25, -0.2) is 0 Å².